The second-order valence-corrected chi connectivity index (χ2v) is 8.91. The van der Waals surface area contributed by atoms with Crippen molar-refractivity contribution >= 4 is 21.4 Å². The molecule has 132 valence electrons. The highest BCUT2D eigenvalue weighted by atomic mass is 32.2. The molecule has 0 bridgehead atoms. The molecule has 0 saturated carbocycles. The molecule has 0 unspecified atom stereocenters. The van der Waals surface area contributed by atoms with Crippen LogP contribution < -0.4 is 10.6 Å². The highest BCUT2D eigenvalue weighted by Crippen LogP contribution is 2.32. The topological polar surface area (TPSA) is 93.1 Å². The van der Waals surface area contributed by atoms with Gasteiger partial charge < -0.3 is 10.6 Å². The quantitative estimate of drug-likeness (QED) is 0.850. The number of benzene rings is 1. The molecule has 3 heterocycles. The third-order valence-corrected chi connectivity index (χ3v) is 6.72. The number of nitrogens with zero attached hydrogens (tertiary/aromatic N) is 2. The Labute approximate surface area is 146 Å². The van der Waals surface area contributed by atoms with Crippen molar-refractivity contribution in [3.63, 3.8) is 0 Å². The van der Waals surface area contributed by atoms with Gasteiger partial charge in [0.25, 0.3) is 5.91 Å². The molecular formula is C17H20N4O3S. The second kappa shape index (κ2) is 5.59. The molecule has 4 rings (SSSR count). The molecule has 7 nitrogen and oxygen atoms in total. The van der Waals surface area contributed by atoms with Gasteiger partial charge in [0.1, 0.15) is 6.17 Å². The predicted octanol–water partition coefficient (Wildman–Crippen LogP) is 1.71. The Morgan fingerprint density at radius 1 is 1.20 bits per heavy atom. The molecule has 0 spiro atoms. The fraction of sp³-hybridized carbons (Fsp3) is 0.412. The van der Waals surface area contributed by atoms with Crippen LogP contribution in [-0.2, 0) is 9.84 Å². The van der Waals surface area contributed by atoms with Gasteiger partial charge in [-0.1, -0.05) is 12.1 Å². The van der Waals surface area contributed by atoms with E-state index in [-0.39, 0.29) is 29.6 Å². The normalized spacial score (nSPS) is 24.5. The lowest BCUT2D eigenvalue weighted by Crippen LogP contribution is -2.39. The van der Waals surface area contributed by atoms with E-state index in [1.54, 1.807) is 6.07 Å². The second-order valence-electron chi connectivity index (χ2n) is 6.68. The summed E-state index contributed by atoms with van der Waals surface area (Å²) in [4.78, 5) is 12.4. The average Bonchev–Trinajstić information content (AvgIpc) is 3.06. The number of nitrogens with one attached hydrogen (secondary N) is 2. The minimum atomic E-state index is -2.98. The molecule has 2 aliphatic heterocycles. The number of fused-ring (bicyclic) bond motifs is 1. The van der Waals surface area contributed by atoms with E-state index in [0.717, 1.165) is 22.6 Å². The van der Waals surface area contributed by atoms with Crippen molar-refractivity contribution in [3.05, 3.63) is 46.8 Å². The van der Waals surface area contributed by atoms with Crippen LogP contribution in [0, 0.1) is 13.8 Å². The van der Waals surface area contributed by atoms with Crippen LogP contribution in [0.25, 0.3) is 0 Å². The van der Waals surface area contributed by atoms with Gasteiger partial charge >= 0.3 is 0 Å². The van der Waals surface area contributed by atoms with Crippen molar-refractivity contribution in [2.24, 2.45) is 0 Å². The van der Waals surface area contributed by atoms with Crippen molar-refractivity contribution in [1.29, 1.82) is 0 Å². The Balaban J connectivity index is 1.69. The van der Waals surface area contributed by atoms with Gasteiger partial charge in [-0.3, -0.25) is 9.48 Å². The molecule has 2 atom stereocenters. The Hall–Kier alpha value is -2.35. The van der Waals surface area contributed by atoms with Crippen molar-refractivity contribution in [1.82, 2.24) is 15.1 Å². The molecule has 1 amide bonds. The smallest absolute Gasteiger partial charge is 0.255 e. The lowest BCUT2D eigenvalue weighted by atomic mass is 10.0. The van der Waals surface area contributed by atoms with Gasteiger partial charge in [0.15, 0.2) is 9.84 Å². The first kappa shape index (κ1) is 16.1. The molecule has 1 aromatic heterocycles. The summed E-state index contributed by atoms with van der Waals surface area (Å²) >= 11 is 0. The van der Waals surface area contributed by atoms with E-state index in [1.165, 1.54) is 0 Å². The summed E-state index contributed by atoms with van der Waals surface area (Å²) in [6.07, 6.45) is 0.200. The van der Waals surface area contributed by atoms with Crippen LogP contribution in [0.2, 0.25) is 0 Å². The monoisotopic (exact) mass is 360 g/mol. The highest BCUT2D eigenvalue weighted by molar-refractivity contribution is 7.91. The van der Waals surface area contributed by atoms with Crippen LogP contribution >= 0.6 is 0 Å². The van der Waals surface area contributed by atoms with Gasteiger partial charge in [-0.15, -0.1) is 0 Å². The number of rotatable bonds is 2. The number of hydrogen-bond acceptors (Lipinski definition) is 5. The van der Waals surface area contributed by atoms with Crippen molar-refractivity contribution < 1.29 is 13.2 Å². The minimum Gasteiger partial charge on any atom is -0.361 e. The van der Waals surface area contributed by atoms with Crippen molar-refractivity contribution in [2.45, 2.75) is 32.5 Å². The maximum atomic E-state index is 12.4. The first-order valence-electron chi connectivity index (χ1n) is 8.28. The lowest BCUT2D eigenvalue weighted by Gasteiger charge is -2.28. The van der Waals surface area contributed by atoms with Gasteiger partial charge in [-0.2, -0.15) is 5.10 Å². The minimum absolute atomic E-state index is 0.127. The van der Waals surface area contributed by atoms with Crippen LogP contribution in [0.1, 0.15) is 45.9 Å². The van der Waals surface area contributed by atoms with E-state index >= 15 is 0 Å². The third-order valence-electron chi connectivity index (χ3n) is 4.97. The fourth-order valence-corrected chi connectivity index (χ4v) is 5.46. The molecule has 1 saturated heterocycles. The number of hydrogen-bond donors (Lipinski definition) is 2. The zero-order valence-corrected chi connectivity index (χ0v) is 14.9. The van der Waals surface area contributed by atoms with Gasteiger partial charge in [-0.25, -0.2) is 8.42 Å². The van der Waals surface area contributed by atoms with Gasteiger partial charge in [0.05, 0.1) is 28.8 Å². The van der Waals surface area contributed by atoms with Crippen LogP contribution in [0.3, 0.4) is 0 Å². The van der Waals surface area contributed by atoms with E-state index < -0.39 is 9.84 Å². The summed E-state index contributed by atoms with van der Waals surface area (Å²) in [7, 11) is -2.98. The number of sulfone groups is 1. The summed E-state index contributed by atoms with van der Waals surface area (Å²) in [5.74, 6) is 0.202. The van der Waals surface area contributed by atoms with E-state index in [0.29, 0.717) is 12.0 Å². The third kappa shape index (κ3) is 2.70. The summed E-state index contributed by atoms with van der Waals surface area (Å²) in [6, 6.07) is 7.23. The van der Waals surface area contributed by atoms with Crippen LogP contribution in [0.4, 0.5) is 5.69 Å². The first-order valence-corrected chi connectivity index (χ1v) is 10.1. The summed E-state index contributed by atoms with van der Waals surface area (Å²) in [5.41, 5.74) is 3.97. The molecule has 0 aliphatic carbocycles. The predicted molar refractivity (Wildman–Crippen MR) is 94.3 cm³/mol. The standard InChI is InChI=1S/C17H20N4O3S/c1-10-15(11(2)21(20-10)12-7-8-25(23,24)9-12)16-18-14-6-4-3-5-13(14)17(22)19-16/h3-6,12,16,18H,7-9H2,1-2H3,(H,19,22)/t12-,16-/m1/s1. The zero-order chi connectivity index (χ0) is 17.8. The molecule has 1 aromatic carbocycles. The van der Waals surface area contributed by atoms with Crippen LogP contribution in [-0.4, -0.2) is 35.6 Å². The molecular weight excluding hydrogens is 340 g/mol. The molecule has 8 heteroatoms. The number of para-hydroxylation sites is 1. The average molecular weight is 360 g/mol. The molecule has 2 N–H and O–H groups in total. The van der Waals surface area contributed by atoms with E-state index in [4.69, 9.17) is 0 Å². The van der Waals surface area contributed by atoms with Crippen molar-refractivity contribution in [3.8, 4) is 0 Å². The number of carbonyl (C=O) groups is 1. The maximum Gasteiger partial charge on any atom is 0.255 e. The van der Waals surface area contributed by atoms with Gasteiger partial charge in [0, 0.05) is 16.9 Å². The first-order chi connectivity index (χ1) is 11.9. The summed E-state index contributed by atoms with van der Waals surface area (Å²) in [5, 5.41) is 10.9. The number of anilines is 1. The fourth-order valence-electron chi connectivity index (χ4n) is 3.77. The van der Waals surface area contributed by atoms with Crippen LogP contribution in [0.5, 0.6) is 0 Å². The maximum absolute atomic E-state index is 12.4. The highest BCUT2D eigenvalue weighted by Gasteiger charge is 2.34. The van der Waals surface area contributed by atoms with Gasteiger partial charge in [-0.05, 0) is 32.4 Å². The Kier molecular flexibility index (Phi) is 3.61. The summed E-state index contributed by atoms with van der Waals surface area (Å²) < 4.78 is 25.4. The molecule has 1 fully saturated rings. The number of amides is 1. The molecule has 25 heavy (non-hydrogen) atoms. The van der Waals surface area contributed by atoms with E-state index in [2.05, 4.69) is 15.7 Å². The molecule has 2 aromatic rings. The van der Waals surface area contributed by atoms with Crippen LogP contribution in [0.15, 0.2) is 24.3 Å². The number of aryl methyl sites for hydroxylation is 1. The van der Waals surface area contributed by atoms with Crippen molar-refractivity contribution in [2.75, 3.05) is 16.8 Å². The Morgan fingerprint density at radius 3 is 2.68 bits per heavy atom. The SMILES string of the molecule is Cc1nn([C@@H]2CCS(=O)(=O)C2)c(C)c1[C@H]1NC(=O)c2ccccc2N1. The number of aromatic nitrogens is 2. The van der Waals surface area contributed by atoms with E-state index in [9.17, 15) is 13.2 Å². The largest absolute Gasteiger partial charge is 0.361 e. The van der Waals surface area contributed by atoms with E-state index in [1.807, 2.05) is 36.7 Å². The lowest BCUT2D eigenvalue weighted by molar-refractivity contribution is 0.0935. The molecule has 0 radical (unpaired) electrons. The summed E-state index contributed by atoms with van der Waals surface area (Å²) in [6.45, 7) is 3.81. The van der Waals surface area contributed by atoms with Gasteiger partial charge in [0.2, 0.25) is 0 Å². The number of carbonyl (C=O) groups excluding carboxylic acids is 1. The molecule has 2 aliphatic rings. The zero-order valence-electron chi connectivity index (χ0n) is 14.1. The Bertz CT molecular complexity index is 964. The Morgan fingerprint density at radius 2 is 1.96 bits per heavy atom.